The highest BCUT2D eigenvalue weighted by Gasteiger charge is 2.32. The number of amides is 3. The van der Waals surface area contributed by atoms with E-state index in [0.29, 0.717) is 11.1 Å². The second kappa shape index (κ2) is 7.77. The van der Waals surface area contributed by atoms with Crippen molar-refractivity contribution in [2.45, 2.75) is 6.42 Å². The third-order valence-corrected chi connectivity index (χ3v) is 3.90. The standard InChI is InChI=1S/C19H15FN2O5/c20-13-5-3-6-14(9-13)21-16(23)11-27-18(25)10-22-17(24)8-12-4-1-2-7-15(12)19(22)26/h1-7,9H,8,10-11H2,(H,21,23). The van der Waals surface area contributed by atoms with Crippen LogP contribution in [-0.4, -0.2) is 41.7 Å². The van der Waals surface area contributed by atoms with Crippen molar-refractivity contribution < 1.29 is 28.3 Å². The van der Waals surface area contributed by atoms with Gasteiger partial charge in [0.05, 0.1) is 6.42 Å². The highest BCUT2D eigenvalue weighted by molar-refractivity contribution is 6.11. The first-order chi connectivity index (χ1) is 12.9. The molecule has 7 nitrogen and oxygen atoms in total. The molecule has 138 valence electrons. The highest BCUT2D eigenvalue weighted by Crippen LogP contribution is 2.19. The lowest BCUT2D eigenvalue weighted by molar-refractivity contribution is -0.150. The average Bonchev–Trinajstić information content (AvgIpc) is 2.63. The SMILES string of the molecule is O=C(COC(=O)CN1C(=O)Cc2ccccc2C1=O)Nc1cccc(F)c1. The van der Waals surface area contributed by atoms with Crippen LogP contribution in [0.4, 0.5) is 10.1 Å². The molecule has 2 aromatic carbocycles. The average molecular weight is 370 g/mol. The number of nitrogens with zero attached hydrogens (tertiary/aromatic N) is 1. The molecule has 0 aliphatic carbocycles. The number of halogens is 1. The smallest absolute Gasteiger partial charge is 0.326 e. The van der Waals surface area contributed by atoms with Crippen molar-refractivity contribution in [3.8, 4) is 0 Å². The van der Waals surface area contributed by atoms with Crippen LogP contribution in [0.3, 0.4) is 0 Å². The summed E-state index contributed by atoms with van der Waals surface area (Å²) in [4.78, 5) is 48.9. The molecule has 0 spiro atoms. The minimum atomic E-state index is -0.898. The van der Waals surface area contributed by atoms with Crippen molar-refractivity contribution in [1.82, 2.24) is 4.90 Å². The number of carbonyl (C=O) groups excluding carboxylic acids is 4. The van der Waals surface area contributed by atoms with Crippen molar-refractivity contribution >= 4 is 29.4 Å². The minimum Gasteiger partial charge on any atom is -0.454 e. The normalized spacial score (nSPS) is 13.1. The zero-order valence-corrected chi connectivity index (χ0v) is 14.1. The number of hydrogen-bond donors (Lipinski definition) is 1. The number of benzene rings is 2. The number of imide groups is 1. The number of anilines is 1. The van der Waals surface area contributed by atoms with Crippen LogP contribution < -0.4 is 5.32 Å². The van der Waals surface area contributed by atoms with Crippen LogP contribution in [0.5, 0.6) is 0 Å². The quantitative estimate of drug-likeness (QED) is 0.637. The third kappa shape index (κ3) is 4.35. The van der Waals surface area contributed by atoms with E-state index in [1.807, 2.05) is 0 Å². The van der Waals surface area contributed by atoms with Crippen LogP contribution in [0.15, 0.2) is 48.5 Å². The first-order valence-electron chi connectivity index (χ1n) is 8.07. The van der Waals surface area contributed by atoms with E-state index in [9.17, 15) is 23.6 Å². The molecule has 1 aliphatic heterocycles. The number of nitrogens with one attached hydrogen (secondary N) is 1. The summed E-state index contributed by atoms with van der Waals surface area (Å²) >= 11 is 0. The molecule has 0 saturated heterocycles. The van der Waals surface area contributed by atoms with E-state index < -0.39 is 42.7 Å². The van der Waals surface area contributed by atoms with Gasteiger partial charge in [-0.1, -0.05) is 24.3 Å². The van der Waals surface area contributed by atoms with E-state index in [1.54, 1.807) is 24.3 Å². The molecule has 0 radical (unpaired) electrons. The predicted octanol–water partition coefficient (Wildman–Crippen LogP) is 1.53. The summed E-state index contributed by atoms with van der Waals surface area (Å²) < 4.78 is 17.9. The number of hydrogen-bond acceptors (Lipinski definition) is 5. The molecule has 3 amide bonds. The van der Waals surface area contributed by atoms with Crippen LogP contribution in [0.2, 0.25) is 0 Å². The largest absolute Gasteiger partial charge is 0.454 e. The van der Waals surface area contributed by atoms with Gasteiger partial charge in [0.15, 0.2) is 6.61 Å². The molecule has 3 rings (SSSR count). The van der Waals surface area contributed by atoms with Gasteiger partial charge in [-0.15, -0.1) is 0 Å². The predicted molar refractivity (Wildman–Crippen MR) is 92.2 cm³/mol. The lowest BCUT2D eigenvalue weighted by atomic mass is 9.98. The van der Waals surface area contributed by atoms with Crippen molar-refractivity contribution in [2.75, 3.05) is 18.5 Å². The number of ether oxygens (including phenoxy) is 1. The molecular formula is C19H15FN2O5. The van der Waals surface area contributed by atoms with Gasteiger partial charge in [-0.25, -0.2) is 4.39 Å². The van der Waals surface area contributed by atoms with Crippen LogP contribution in [0.25, 0.3) is 0 Å². The number of carbonyl (C=O) groups is 4. The highest BCUT2D eigenvalue weighted by atomic mass is 19.1. The number of fused-ring (bicyclic) bond motifs is 1. The summed E-state index contributed by atoms with van der Waals surface area (Å²) in [7, 11) is 0. The van der Waals surface area contributed by atoms with Gasteiger partial charge in [0, 0.05) is 11.3 Å². The fourth-order valence-electron chi connectivity index (χ4n) is 2.64. The Hall–Kier alpha value is -3.55. The van der Waals surface area contributed by atoms with Crippen molar-refractivity contribution in [2.24, 2.45) is 0 Å². The van der Waals surface area contributed by atoms with E-state index in [1.165, 1.54) is 18.2 Å². The monoisotopic (exact) mass is 370 g/mol. The maximum absolute atomic E-state index is 13.1. The third-order valence-electron chi connectivity index (χ3n) is 3.90. The van der Waals surface area contributed by atoms with Gasteiger partial charge in [0.1, 0.15) is 12.4 Å². The van der Waals surface area contributed by atoms with Crippen molar-refractivity contribution in [3.05, 3.63) is 65.5 Å². The molecule has 0 aromatic heterocycles. The molecule has 0 atom stereocenters. The van der Waals surface area contributed by atoms with E-state index in [2.05, 4.69) is 5.32 Å². The summed E-state index contributed by atoms with van der Waals surface area (Å²) in [5.74, 6) is -3.18. The summed E-state index contributed by atoms with van der Waals surface area (Å²) in [5.41, 5.74) is 1.18. The van der Waals surface area contributed by atoms with Gasteiger partial charge in [0.25, 0.3) is 11.8 Å². The van der Waals surface area contributed by atoms with Crippen LogP contribution in [0.1, 0.15) is 15.9 Å². The topological polar surface area (TPSA) is 92.8 Å². The van der Waals surface area contributed by atoms with Crippen molar-refractivity contribution in [3.63, 3.8) is 0 Å². The Balaban J connectivity index is 1.54. The Morgan fingerprint density at radius 2 is 1.89 bits per heavy atom. The molecule has 0 bridgehead atoms. The molecule has 2 aromatic rings. The first kappa shape index (κ1) is 18.2. The summed E-state index contributed by atoms with van der Waals surface area (Å²) in [6, 6.07) is 11.9. The zero-order chi connectivity index (χ0) is 19.4. The van der Waals surface area contributed by atoms with Gasteiger partial charge in [-0.3, -0.25) is 24.1 Å². The van der Waals surface area contributed by atoms with E-state index in [4.69, 9.17) is 4.74 Å². The van der Waals surface area contributed by atoms with E-state index in [0.717, 1.165) is 11.0 Å². The lowest BCUT2D eigenvalue weighted by Gasteiger charge is -2.25. The van der Waals surface area contributed by atoms with Gasteiger partial charge >= 0.3 is 5.97 Å². The van der Waals surface area contributed by atoms with Crippen molar-refractivity contribution in [1.29, 1.82) is 0 Å². The number of rotatable bonds is 5. The Labute approximate surface area is 153 Å². The first-order valence-corrected chi connectivity index (χ1v) is 8.07. The molecule has 1 N–H and O–H groups in total. The molecule has 1 heterocycles. The van der Waals surface area contributed by atoms with Gasteiger partial charge in [-0.05, 0) is 29.8 Å². The fourth-order valence-corrected chi connectivity index (χ4v) is 2.64. The van der Waals surface area contributed by atoms with E-state index >= 15 is 0 Å². The molecule has 1 aliphatic rings. The minimum absolute atomic E-state index is 0.00918. The van der Waals surface area contributed by atoms with Gasteiger partial charge < -0.3 is 10.1 Å². The molecule has 8 heteroatoms. The Morgan fingerprint density at radius 3 is 2.67 bits per heavy atom. The second-order valence-electron chi connectivity index (χ2n) is 5.84. The zero-order valence-electron chi connectivity index (χ0n) is 14.1. The molecule has 0 fully saturated rings. The summed E-state index contributed by atoms with van der Waals surface area (Å²) in [6.07, 6.45) is 0.00918. The summed E-state index contributed by atoms with van der Waals surface area (Å²) in [6.45, 7) is -1.21. The molecule has 27 heavy (non-hydrogen) atoms. The molecular weight excluding hydrogens is 355 g/mol. The maximum Gasteiger partial charge on any atom is 0.326 e. The number of esters is 1. The Morgan fingerprint density at radius 1 is 1.11 bits per heavy atom. The molecule has 0 saturated carbocycles. The van der Waals surface area contributed by atoms with Crippen LogP contribution in [-0.2, 0) is 25.5 Å². The lowest BCUT2D eigenvalue weighted by Crippen LogP contribution is -2.45. The van der Waals surface area contributed by atoms with Crippen LogP contribution in [0, 0.1) is 5.82 Å². The molecule has 0 unspecified atom stereocenters. The Kier molecular flexibility index (Phi) is 5.25. The summed E-state index contributed by atoms with van der Waals surface area (Å²) in [5, 5.41) is 2.37. The van der Waals surface area contributed by atoms with Crippen LogP contribution >= 0.6 is 0 Å². The Bertz CT molecular complexity index is 928. The fraction of sp³-hybridized carbons (Fsp3) is 0.158. The van der Waals surface area contributed by atoms with Gasteiger partial charge in [-0.2, -0.15) is 0 Å². The second-order valence-corrected chi connectivity index (χ2v) is 5.84. The van der Waals surface area contributed by atoms with E-state index in [-0.39, 0.29) is 12.1 Å². The van der Waals surface area contributed by atoms with Gasteiger partial charge in [0.2, 0.25) is 5.91 Å². The maximum atomic E-state index is 13.1.